The summed E-state index contributed by atoms with van der Waals surface area (Å²) in [6.07, 6.45) is 6.34. The molecule has 4 nitrogen and oxygen atoms in total. The molecule has 1 saturated heterocycles. The van der Waals surface area contributed by atoms with Crippen LogP contribution in [0.3, 0.4) is 0 Å². The number of fused-ring (bicyclic) bond motifs is 1. The maximum absolute atomic E-state index is 10.1. The fraction of sp³-hybridized carbons (Fsp3) is 0.583. The van der Waals surface area contributed by atoms with Crippen LogP contribution in [-0.2, 0) is 11.2 Å². The molecule has 0 bridgehead atoms. The quantitative estimate of drug-likeness (QED) is 0.907. The Balaban J connectivity index is 1.68. The smallest absolute Gasteiger partial charge is 0.193 e. The zero-order chi connectivity index (χ0) is 11.8. The molecule has 17 heavy (non-hydrogen) atoms. The van der Waals surface area contributed by atoms with Crippen LogP contribution in [0.25, 0.3) is 4.96 Å². The number of nitrogens with zero attached hydrogens (tertiary/aromatic N) is 2. The number of aromatic nitrogens is 2. The summed E-state index contributed by atoms with van der Waals surface area (Å²) in [6, 6.07) is 0. The number of imidazole rings is 1. The summed E-state index contributed by atoms with van der Waals surface area (Å²) >= 11 is 1.61. The highest BCUT2D eigenvalue weighted by Crippen LogP contribution is 2.23. The van der Waals surface area contributed by atoms with Gasteiger partial charge in [0.15, 0.2) is 4.96 Å². The van der Waals surface area contributed by atoms with E-state index in [4.69, 9.17) is 4.74 Å². The molecule has 1 N–H and O–H groups in total. The van der Waals surface area contributed by atoms with E-state index in [-0.39, 0.29) is 12.2 Å². The summed E-state index contributed by atoms with van der Waals surface area (Å²) in [4.78, 5) is 5.45. The van der Waals surface area contributed by atoms with E-state index >= 15 is 0 Å². The molecule has 0 aliphatic carbocycles. The van der Waals surface area contributed by atoms with Crippen LogP contribution < -0.4 is 0 Å². The van der Waals surface area contributed by atoms with Crippen LogP contribution in [0, 0.1) is 0 Å². The van der Waals surface area contributed by atoms with Crippen LogP contribution >= 0.6 is 11.3 Å². The van der Waals surface area contributed by atoms with Gasteiger partial charge in [-0.05, 0) is 19.8 Å². The van der Waals surface area contributed by atoms with Gasteiger partial charge in [-0.3, -0.25) is 4.40 Å². The van der Waals surface area contributed by atoms with Gasteiger partial charge in [0, 0.05) is 24.2 Å². The van der Waals surface area contributed by atoms with Gasteiger partial charge in [-0.1, -0.05) is 0 Å². The van der Waals surface area contributed by atoms with Crippen LogP contribution in [0.4, 0.5) is 0 Å². The Bertz CT molecular complexity index is 479. The lowest BCUT2D eigenvalue weighted by atomic mass is 10.1. The molecule has 1 aliphatic rings. The van der Waals surface area contributed by atoms with E-state index < -0.39 is 6.10 Å². The van der Waals surface area contributed by atoms with Gasteiger partial charge in [0.2, 0.25) is 0 Å². The largest absolute Gasteiger partial charge is 0.390 e. The number of aliphatic hydroxyl groups is 1. The van der Waals surface area contributed by atoms with Gasteiger partial charge in [0.1, 0.15) is 0 Å². The van der Waals surface area contributed by atoms with E-state index in [0.29, 0.717) is 6.42 Å². The topological polar surface area (TPSA) is 46.8 Å². The lowest BCUT2D eigenvalue weighted by Gasteiger charge is -2.17. The van der Waals surface area contributed by atoms with Crippen molar-refractivity contribution in [2.24, 2.45) is 0 Å². The Morgan fingerprint density at radius 1 is 1.65 bits per heavy atom. The zero-order valence-corrected chi connectivity index (χ0v) is 10.6. The molecule has 2 aromatic rings. The summed E-state index contributed by atoms with van der Waals surface area (Å²) in [7, 11) is 0. The monoisotopic (exact) mass is 252 g/mol. The van der Waals surface area contributed by atoms with Crippen molar-refractivity contribution in [1.29, 1.82) is 0 Å². The molecule has 1 aliphatic heterocycles. The summed E-state index contributed by atoms with van der Waals surface area (Å²) in [6.45, 7) is 2.05. The fourth-order valence-corrected chi connectivity index (χ4v) is 3.06. The average molecular weight is 252 g/mol. The summed E-state index contributed by atoms with van der Waals surface area (Å²) < 4.78 is 7.66. The Labute approximate surface area is 104 Å². The van der Waals surface area contributed by atoms with Gasteiger partial charge in [-0.2, -0.15) is 0 Å². The summed E-state index contributed by atoms with van der Waals surface area (Å²) in [5.41, 5.74) is 0.938. The number of aliphatic hydroxyl groups excluding tert-OH is 1. The summed E-state index contributed by atoms with van der Waals surface area (Å²) in [5, 5.41) is 12.1. The van der Waals surface area contributed by atoms with Crippen molar-refractivity contribution in [3.63, 3.8) is 0 Å². The molecule has 5 heteroatoms. The van der Waals surface area contributed by atoms with Crippen molar-refractivity contribution in [3.05, 3.63) is 23.5 Å². The number of thiazole rings is 1. The molecule has 0 aromatic carbocycles. The van der Waals surface area contributed by atoms with Gasteiger partial charge >= 0.3 is 0 Å². The number of hydrogen-bond acceptors (Lipinski definition) is 4. The molecule has 0 spiro atoms. The first kappa shape index (κ1) is 11.2. The SMILES string of the molecule is CC1CCC(C(O)Cc2cn3ccsc3n2)O1. The van der Waals surface area contributed by atoms with Gasteiger partial charge < -0.3 is 9.84 Å². The van der Waals surface area contributed by atoms with Gasteiger partial charge in [0.05, 0.1) is 24.0 Å². The van der Waals surface area contributed by atoms with E-state index in [9.17, 15) is 5.11 Å². The fourth-order valence-electron chi connectivity index (χ4n) is 2.34. The molecule has 0 radical (unpaired) electrons. The second kappa shape index (κ2) is 4.40. The van der Waals surface area contributed by atoms with Crippen LogP contribution in [0.2, 0.25) is 0 Å². The molecule has 3 unspecified atom stereocenters. The zero-order valence-electron chi connectivity index (χ0n) is 9.74. The van der Waals surface area contributed by atoms with E-state index in [0.717, 1.165) is 23.5 Å². The first-order chi connectivity index (χ1) is 8.22. The number of rotatable bonds is 3. The van der Waals surface area contributed by atoms with Crippen LogP contribution in [0.1, 0.15) is 25.5 Å². The third-order valence-corrected chi connectivity index (χ3v) is 4.03. The minimum atomic E-state index is -0.440. The number of ether oxygens (including phenoxy) is 1. The second-order valence-electron chi connectivity index (χ2n) is 4.66. The Morgan fingerprint density at radius 2 is 2.53 bits per heavy atom. The van der Waals surface area contributed by atoms with E-state index in [1.54, 1.807) is 11.3 Å². The highest BCUT2D eigenvalue weighted by Gasteiger charge is 2.28. The third-order valence-electron chi connectivity index (χ3n) is 3.26. The molecule has 92 valence electrons. The summed E-state index contributed by atoms with van der Waals surface area (Å²) in [5.74, 6) is 0. The molecule has 3 rings (SSSR count). The van der Waals surface area contributed by atoms with E-state index in [2.05, 4.69) is 11.9 Å². The molecule has 3 atom stereocenters. The maximum Gasteiger partial charge on any atom is 0.193 e. The average Bonchev–Trinajstić information content (AvgIpc) is 2.92. The first-order valence-corrected chi connectivity index (χ1v) is 6.85. The Morgan fingerprint density at radius 3 is 3.24 bits per heavy atom. The maximum atomic E-state index is 10.1. The van der Waals surface area contributed by atoms with Crippen LogP contribution in [0.5, 0.6) is 0 Å². The van der Waals surface area contributed by atoms with E-state index in [1.165, 1.54) is 0 Å². The van der Waals surface area contributed by atoms with Crippen molar-refractivity contribution >= 4 is 16.3 Å². The van der Waals surface area contributed by atoms with E-state index in [1.807, 2.05) is 22.2 Å². The van der Waals surface area contributed by atoms with Crippen LogP contribution in [0.15, 0.2) is 17.8 Å². The van der Waals surface area contributed by atoms with Gasteiger partial charge in [0.25, 0.3) is 0 Å². The van der Waals surface area contributed by atoms with Crippen molar-refractivity contribution in [2.75, 3.05) is 0 Å². The Hall–Kier alpha value is -0.910. The van der Waals surface area contributed by atoms with Crippen molar-refractivity contribution in [1.82, 2.24) is 9.38 Å². The van der Waals surface area contributed by atoms with Gasteiger partial charge in [-0.25, -0.2) is 4.98 Å². The van der Waals surface area contributed by atoms with Crippen molar-refractivity contribution in [2.45, 2.75) is 44.5 Å². The predicted molar refractivity (Wildman–Crippen MR) is 66.3 cm³/mol. The Kier molecular flexibility index (Phi) is 2.90. The molecule has 0 amide bonds. The molecule has 3 heterocycles. The first-order valence-electron chi connectivity index (χ1n) is 5.97. The van der Waals surface area contributed by atoms with Crippen molar-refractivity contribution in [3.8, 4) is 0 Å². The minimum Gasteiger partial charge on any atom is -0.390 e. The molecule has 2 aromatic heterocycles. The number of hydrogen-bond donors (Lipinski definition) is 1. The lowest BCUT2D eigenvalue weighted by molar-refractivity contribution is -0.0281. The highest BCUT2D eigenvalue weighted by atomic mass is 32.1. The predicted octanol–water partition coefficient (Wildman–Crippen LogP) is 1.87. The van der Waals surface area contributed by atoms with Crippen LogP contribution in [-0.4, -0.2) is 32.8 Å². The molecular formula is C12H16N2O2S. The molecule has 1 fully saturated rings. The second-order valence-corrected chi connectivity index (χ2v) is 5.53. The lowest BCUT2D eigenvalue weighted by Crippen LogP contribution is -2.28. The highest BCUT2D eigenvalue weighted by molar-refractivity contribution is 7.15. The minimum absolute atomic E-state index is 0.0234. The standard InChI is InChI=1S/C12H16N2O2S/c1-8-2-3-11(16-8)10(15)6-9-7-14-4-5-17-12(14)13-9/h4-5,7-8,10-11,15H,2-3,6H2,1H3. The van der Waals surface area contributed by atoms with Crippen molar-refractivity contribution < 1.29 is 9.84 Å². The van der Waals surface area contributed by atoms with Gasteiger partial charge in [-0.15, -0.1) is 11.3 Å². The third kappa shape index (κ3) is 2.22. The normalized spacial score (nSPS) is 26.7. The molecule has 0 saturated carbocycles. The molecular weight excluding hydrogens is 236 g/mol.